The highest BCUT2D eigenvalue weighted by Crippen LogP contribution is 2.31. The lowest BCUT2D eigenvalue weighted by atomic mass is 9.92. The van der Waals surface area contributed by atoms with E-state index in [1.165, 1.54) is 12.0 Å². The molecule has 2 atom stereocenters. The second-order valence-corrected chi connectivity index (χ2v) is 8.71. The summed E-state index contributed by atoms with van der Waals surface area (Å²) in [4.78, 5) is 23.8. The van der Waals surface area contributed by atoms with Crippen LogP contribution in [0.5, 0.6) is 0 Å². The summed E-state index contributed by atoms with van der Waals surface area (Å²) in [7, 11) is 0. The molecule has 1 aromatic carbocycles. The van der Waals surface area contributed by atoms with Gasteiger partial charge < -0.3 is 4.98 Å². The number of nitrogens with one attached hydrogen (secondary N) is 1. The second kappa shape index (κ2) is 6.97. The molecule has 3 aromatic rings. The molecule has 0 saturated carbocycles. The summed E-state index contributed by atoms with van der Waals surface area (Å²) in [6, 6.07) is 8.29. The summed E-state index contributed by atoms with van der Waals surface area (Å²) in [5, 5.41) is 2.76. The van der Waals surface area contributed by atoms with Gasteiger partial charge in [0.05, 0.1) is 11.9 Å². The van der Waals surface area contributed by atoms with Gasteiger partial charge in [0.25, 0.3) is 5.56 Å². The molecule has 1 fully saturated rings. The van der Waals surface area contributed by atoms with Crippen molar-refractivity contribution in [3.05, 3.63) is 51.4 Å². The van der Waals surface area contributed by atoms with E-state index >= 15 is 0 Å². The van der Waals surface area contributed by atoms with Crippen molar-refractivity contribution in [2.45, 2.75) is 33.7 Å². The predicted octanol–water partition coefficient (Wildman–Crippen LogP) is 4.44. The molecular weight excluding hydrogens is 342 g/mol. The molecule has 0 unspecified atom stereocenters. The average molecular weight is 368 g/mol. The molecule has 1 aliphatic rings. The molecular formula is C21H25N3OS. The first kappa shape index (κ1) is 17.4. The summed E-state index contributed by atoms with van der Waals surface area (Å²) in [6.07, 6.45) is 1.28. The minimum absolute atomic E-state index is 0.0278. The number of hydrogen-bond donors (Lipinski definition) is 1. The number of likely N-dealkylation sites (tertiary alicyclic amines) is 1. The number of hydrogen-bond acceptors (Lipinski definition) is 4. The second-order valence-electron chi connectivity index (χ2n) is 7.85. The summed E-state index contributed by atoms with van der Waals surface area (Å²) >= 11 is 1.55. The Balaban J connectivity index is 1.66. The molecule has 0 spiro atoms. The van der Waals surface area contributed by atoms with E-state index in [0.29, 0.717) is 17.2 Å². The maximum absolute atomic E-state index is 12.8. The Morgan fingerprint density at radius 3 is 2.58 bits per heavy atom. The molecule has 4 nitrogen and oxygen atoms in total. The van der Waals surface area contributed by atoms with Crippen molar-refractivity contribution in [3.8, 4) is 11.1 Å². The smallest absolute Gasteiger partial charge is 0.260 e. The van der Waals surface area contributed by atoms with Crippen molar-refractivity contribution >= 4 is 21.6 Å². The van der Waals surface area contributed by atoms with E-state index in [9.17, 15) is 4.79 Å². The van der Waals surface area contributed by atoms with Gasteiger partial charge in [-0.15, -0.1) is 11.3 Å². The molecule has 0 aliphatic carbocycles. The van der Waals surface area contributed by atoms with Crippen molar-refractivity contribution < 1.29 is 0 Å². The van der Waals surface area contributed by atoms with Crippen molar-refractivity contribution in [2.24, 2.45) is 11.8 Å². The predicted molar refractivity (Wildman–Crippen MR) is 109 cm³/mol. The van der Waals surface area contributed by atoms with Gasteiger partial charge in [0, 0.05) is 24.0 Å². The van der Waals surface area contributed by atoms with E-state index in [-0.39, 0.29) is 5.56 Å². The van der Waals surface area contributed by atoms with Crippen LogP contribution in [-0.2, 0) is 6.54 Å². The van der Waals surface area contributed by atoms with Crippen LogP contribution in [0.3, 0.4) is 0 Å². The Morgan fingerprint density at radius 1 is 1.19 bits per heavy atom. The van der Waals surface area contributed by atoms with E-state index in [4.69, 9.17) is 4.98 Å². The van der Waals surface area contributed by atoms with Crippen LogP contribution in [0, 0.1) is 18.8 Å². The standard InChI is InChI=1S/C21H25N3OS/c1-13-4-6-16(7-5-13)17-12-26-21-19(17)20(25)22-18(23-21)11-24-9-14(2)8-15(3)10-24/h4-7,12,14-15H,8-11H2,1-3H3,(H,22,23,25)/t14-,15-/m0/s1. The quantitative estimate of drug-likeness (QED) is 0.745. The van der Waals surface area contributed by atoms with Crippen molar-refractivity contribution in [2.75, 3.05) is 13.1 Å². The largest absolute Gasteiger partial charge is 0.309 e. The Labute approximate surface area is 157 Å². The number of thiophene rings is 1. The molecule has 0 radical (unpaired) electrons. The number of aryl methyl sites for hydroxylation is 1. The number of aromatic amines is 1. The summed E-state index contributed by atoms with van der Waals surface area (Å²) in [5.74, 6) is 2.18. The molecule has 1 N–H and O–H groups in total. The fraction of sp³-hybridized carbons (Fsp3) is 0.429. The molecule has 0 bridgehead atoms. The fourth-order valence-corrected chi connectivity index (χ4v) is 5.11. The third-order valence-corrected chi connectivity index (χ3v) is 6.05. The van der Waals surface area contributed by atoms with Gasteiger partial charge >= 0.3 is 0 Å². The maximum Gasteiger partial charge on any atom is 0.260 e. The van der Waals surface area contributed by atoms with E-state index in [1.54, 1.807) is 11.3 Å². The Hall–Kier alpha value is -1.98. The monoisotopic (exact) mass is 367 g/mol. The Bertz CT molecular complexity index is 963. The minimum atomic E-state index is -0.0278. The van der Waals surface area contributed by atoms with Crippen LogP contribution in [0.1, 0.15) is 31.7 Å². The molecule has 1 aliphatic heterocycles. The van der Waals surface area contributed by atoms with Gasteiger partial charge in [-0.05, 0) is 30.7 Å². The van der Waals surface area contributed by atoms with Gasteiger partial charge in [0.2, 0.25) is 0 Å². The van der Waals surface area contributed by atoms with Gasteiger partial charge in [0.15, 0.2) is 0 Å². The zero-order valence-electron chi connectivity index (χ0n) is 15.6. The summed E-state index contributed by atoms with van der Waals surface area (Å²) in [6.45, 7) is 9.54. The normalized spacial score (nSPS) is 21.3. The zero-order chi connectivity index (χ0) is 18.3. The topological polar surface area (TPSA) is 49.0 Å². The van der Waals surface area contributed by atoms with E-state index in [2.05, 4.69) is 54.9 Å². The third-order valence-electron chi connectivity index (χ3n) is 5.17. The maximum atomic E-state index is 12.8. The SMILES string of the molecule is Cc1ccc(-c2csc3nc(CN4C[C@@H](C)C[C@H](C)C4)[nH]c(=O)c23)cc1. The van der Waals surface area contributed by atoms with E-state index in [1.807, 2.05) is 5.38 Å². The Morgan fingerprint density at radius 2 is 1.88 bits per heavy atom. The van der Waals surface area contributed by atoms with Crippen molar-refractivity contribution in [1.29, 1.82) is 0 Å². The Kier molecular flexibility index (Phi) is 4.67. The van der Waals surface area contributed by atoms with Crippen LogP contribution in [-0.4, -0.2) is 28.0 Å². The first-order valence-corrected chi connectivity index (χ1v) is 10.2. The number of H-pyrrole nitrogens is 1. The van der Waals surface area contributed by atoms with Crippen molar-refractivity contribution in [3.63, 3.8) is 0 Å². The van der Waals surface area contributed by atoms with E-state index < -0.39 is 0 Å². The van der Waals surface area contributed by atoms with Crippen LogP contribution >= 0.6 is 11.3 Å². The lowest BCUT2D eigenvalue weighted by molar-refractivity contribution is 0.131. The van der Waals surface area contributed by atoms with E-state index in [0.717, 1.165) is 41.4 Å². The van der Waals surface area contributed by atoms with Crippen LogP contribution in [0.4, 0.5) is 0 Å². The lowest BCUT2D eigenvalue weighted by Crippen LogP contribution is -2.38. The summed E-state index contributed by atoms with van der Waals surface area (Å²) < 4.78 is 0. The van der Waals surface area contributed by atoms with Gasteiger partial charge in [-0.2, -0.15) is 0 Å². The molecule has 26 heavy (non-hydrogen) atoms. The molecule has 3 heterocycles. The van der Waals surface area contributed by atoms with Crippen LogP contribution in [0.25, 0.3) is 21.3 Å². The van der Waals surface area contributed by atoms with Crippen LogP contribution in [0.2, 0.25) is 0 Å². The number of nitrogens with zero attached hydrogens (tertiary/aromatic N) is 2. The van der Waals surface area contributed by atoms with Gasteiger partial charge in [-0.25, -0.2) is 4.98 Å². The van der Waals surface area contributed by atoms with Crippen LogP contribution in [0.15, 0.2) is 34.4 Å². The van der Waals surface area contributed by atoms with Crippen LogP contribution < -0.4 is 5.56 Å². The van der Waals surface area contributed by atoms with Gasteiger partial charge in [0.1, 0.15) is 10.7 Å². The first-order valence-electron chi connectivity index (χ1n) is 9.29. The molecule has 4 rings (SSSR count). The third kappa shape index (κ3) is 3.46. The first-order chi connectivity index (χ1) is 12.5. The number of aromatic nitrogens is 2. The number of benzene rings is 1. The van der Waals surface area contributed by atoms with Gasteiger partial charge in [-0.3, -0.25) is 9.69 Å². The lowest BCUT2D eigenvalue weighted by Gasteiger charge is -2.34. The molecule has 2 aromatic heterocycles. The molecule has 1 saturated heterocycles. The minimum Gasteiger partial charge on any atom is -0.309 e. The number of piperidine rings is 1. The average Bonchev–Trinajstić information content (AvgIpc) is 2.99. The van der Waals surface area contributed by atoms with Gasteiger partial charge in [-0.1, -0.05) is 43.7 Å². The highest BCUT2D eigenvalue weighted by atomic mass is 32.1. The summed E-state index contributed by atoms with van der Waals surface area (Å²) in [5.41, 5.74) is 3.23. The molecule has 0 amide bonds. The highest BCUT2D eigenvalue weighted by Gasteiger charge is 2.23. The zero-order valence-corrected chi connectivity index (χ0v) is 16.4. The number of fused-ring (bicyclic) bond motifs is 1. The highest BCUT2D eigenvalue weighted by molar-refractivity contribution is 7.17. The fourth-order valence-electron chi connectivity index (χ4n) is 4.15. The van der Waals surface area contributed by atoms with Crippen molar-refractivity contribution in [1.82, 2.24) is 14.9 Å². The molecule has 136 valence electrons. The number of rotatable bonds is 3. The molecule has 5 heteroatoms.